The molecule has 1 saturated heterocycles. The van der Waals surface area contributed by atoms with Crippen LogP contribution in [0.25, 0.3) is 0 Å². The highest BCUT2D eigenvalue weighted by Crippen LogP contribution is 2.34. The summed E-state index contributed by atoms with van der Waals surface area (Å²) in [6, 6.07) is 5.63. The number of benzene rings is 1. The standard InChI is InChI=1S/C26H34FN5O4S/c27-21-3-7-23(8-4-21)37(34,35)30-26(33)29-22-5-1-19(2-6-22)10-13-31-14-16-32(17-15-31)25-24-20(9-12-28-25)11-18-36-24/h3-4,7-9,12,19,22H,1-2,5-6,10-11,13-18H2,(H2,29,30,33). The number of nitrogens with one attached hydrogen (secondary N) is 2. The number of carbonyl (C=O) groups excluding carboxylic acids is 1. The molecule has 1 aromatic heterocycles. The van der Waals surface area contributed by atoms with Gasteiger partial charge in [-0.1, -0.05) is 0 Å². The van der Waals surface area contributed by atoms with Gasteiger partial charge in [0.15, 0.2) is 11.6 Å². The quantitative estimate of drug-likeness (QED) is 0.566. The second-order valence-corrected chi connectivity index (χ2v) is 11.8. The van der Waals surface area contributed by atoms with Gasteiger partial charge in [-0.2, -0.15) is 0 Å². The van der Waals surface area contributed by atoms with Gasteiger partial charge in [-0.25, -0.2) is 27.3 Å². The fourth-order valence-electron chi connectivity index (χ4n) is 5.47. The van der Waals surface area contributed by atoms with Crippen LogP contribution >= 0.6 is 0 Å². The number of anilines is 1. The third kappa shape index (κ3) is 6.32. The average molecular weight is 532 g/mol. The number of halogens is 1. The van der Waals surface area contributed by atoms with Gasteiger partial charge in [-0.05, 0) is 74.9 Å². The molecule has 1 saturated carbocycles. The number of hydrogen-bond acceptors (Lipinski definition) is 7. The maximum absolute atomic E-state index is 13.1. The molecule has 0 spiro atoms. The molecule has 1 aliphatic carbocycles. The van der Waals surface area contributed by atoms with E-state index in [9.17, 15) is 17.6 Å². The van der Waals surface area contributed by atoms with Gasteiger partial charge >= 0.3 is 6.03 Å². The van der Waals surface area contributed by atoms with Crippen LogP contribution in [0, 0.1) is 11.7 Å². The number of carbonyl (C=O) groups is 1. The topological polar surface area (TPSA) is 104 Å². The van der Waals surface area contributed by atoms with Crippen molar-refractivity contribution in [3.05, 3.63) is 47.9 Å². The minimum Gasteiger partial charge on any atom is -0.489 e. The SMILES string of the molecule is O=C(NC1CCC(CCN2CCN(c3nccc4c3OCC4)CC2)CC1)NS(=O)(=O)c1ccc(F)cc1. The summed E-state index contributed by atoms with van der Waals surface area (Å²) < 4.78 is 45.5. The van der Waals surface area contributed by atoms with Crippen LogP contribution in [0.4, 0.5) is 15.0 Å². The second kappa shape index (κ2) is 11.2. The number of urea groups is 1. The predicted molar refractivity (Wildman–Crippen MR) is 138 cm³/mol. The van der Waals surface area contributed by atoms with E-state index in [-0.39, 0.29) is 10.9 Å². The van der Waals surface area contributed by atoms with Crippen LogP contribution in [0.5, 0.6) is 5.75 Å². The lowest BCUT2D eigenvalue weighted by molar-refractivity contribution is 0.206. The van der Waals surface area contributed by atoms with E-state index in [1.165, 1.54) is 5.56 Å². The average Bonchev–Trinajstić information content (AvgIpc) is 3.38. The lowest BCUT2D eigenvalue weighted by atomic mass is 9.84. The molecule has 2 aromatic rings. The van der Waals surface area contributed by atoms with Gasteiger partial charge in [0, 0.05) is 50.4 Å². The van der Waals surface area contributed by atoms with Crippen LogP contribution in [0.3, 0.4) is 0 Å². The molecule has 11 heteroatoms. The predicted octanol–water partition coefficient (Wildman–Crippen LogP) is 2.91. The minimum atomic E-state index is -4.03. The van der Waals surface area contributed by atoms with Crippen molar-refractivity contribution in [2.75, 3.05) is 44.2 Å². The molecule has 0 radical (unpaired) electrons. The Kier molecular flexibility index (Phi) is 7.80. The Morgan fingerprint density at radius 2 is 1.78 bits per heavy atom. The van der Waals surface area contributed by atoms with Gasteiger partial charge in [0.05, 0.1) is 11.5 Å². The van der Waals surface area contributed by atoms with Gasteiger partial charge in [0.1, 0.15) is 5.82 Å². The lowest BCUT2D eigenvalue weighted by Crippen LogP contribution is -2.47. The Labute approximate surface area is 217 Å². The molecule has 0 atom stereocenters. The highest BCUT2D eigenvalue weighted by molar-refractivity contribution is 7.90. The molecule has 2 fully saturated rings. The van der Waals surface area contributed by atoms with Crippen LogP contribution in [0.2, 0.25) is 0 Å². The van der Waals surface area contributed by atoms with Gasteiger partial charge in [-0.3, -0.25) is 4.90 Å². The summed E-state index contributed by atoms with van der Waals surface area (Å²) in [6.45, 7) is 5.70. The van der Waals surface area contributed by atoms with Gasteiger partial charge in [0.2, 0.25) is 0 Å². The van der Waals surface area contributed by atoms with E-state index in [0.717, 1.165) is 114 Å². The number of nitrogens with zero attached hydrogens (tertiary/aromatic N) is 3. The molecule has 200 valence electrons. The first-order chi connectivity index (χ1) is 17.9. The molecule has 1 aromatic carbocycles. The van der Waals surface area contributed by atoms with Crippen molar-refractivity contribution < 1.29 is 22.3 Å². The maximum Gasteiger partial charge on any atom is 0.328 e. The van der Waals surface area contributed by atoms with Crippen LogP contribution in [0.15, 0.2) is 41.4 Å². The Hall–Kier alpha value is -2.92. The van der Waals surface area contributed by atoms with E-state index in [1.54, 1.807) is 0 Å². The fraction of sp³-hybridized carbons (Fsp3) is 0.538. The van der Waals surface area contributed by atoms with E-state index in [2.05, 4.69) is 26.2 Å². The van der Waals surface area contributed by atoms with Crippen LogP contribution in [-0.2, 0) is 16.4 Å². The smallest absolute Gasteiger partial charge is 0.328 e. The first-order valence-corrected chi connectivity index (χ1v) is 14.5. The molecule has 2 aliphatic heterocycles. The van der Waals surface area contributed by atoms with Crippen molar-refractivity contribution in [2.45, 2.75) is 49.5 Å². The van der Waals surface area contributed by atoms with Crippen molar-refractivity contribution in [3.63, 3.8) is 0 Å². The molecule has 37 heavy (non-hydrogen) atoms. The van der Waals surface area contributed by atoms with Crippen LogP contribution in [0.1, 0.15) is 37.7 Å². The number of aromatic nitrogens is 1. The summed E-state index contributed by atoms with van der Waals surface area (Å²) in [6.07, 6.45) is 7.64. The number of piperazine rings is 1. The summed E-state index contributed by atoms with van der Waals surface area (Å²) in [5.41, 5.74) is 1.25. The number of rotatable bonds is 7. The molecular formula is C26H34FN5O4S. The Bertz CT molecular complexity index is 1190. The maximum atomic E-state index is 13.1. The van der Waals surface area contributed by atoms with E-state index in [1.807, 2.05) is 10.9 Å². The van der Waals surface area contributed by atoms with Crippen molar-refractivity contribution in [2.24, 2.45) is 5.92 Å². The first kappa shape index (κ1) is 25.7. The van der Waals surface area contributed by atoms with E-state index < -0.39 is 21.9 Å². The Balaban J connectivity index is 1.01. The molecule has 3 aliphatic rings. The minimum absolute atomic E-state index is 0.0504. The summed E-state index contributed by atoms with van der Waals surface area (Å²) in [7, 11) is -4.03. The second-order valence-electron chi connectivity index (χ2n) is 10.1. The third-order valence-electron chi connectivity index (χ3n) is 7.64. The summed E-state index contributed by atoms with van der Waals surface area (Å²) >= 11 is 0. The Morgan fingerprint density at radius 1 is 1.05 bits per heavy atom. The Morgan fingerprint density at radius 3 is 2.51 bits per heavy atom. The first-order valence-electron chi connectivity index (χ1n) is 13.0. The number of fused-ring (bicyclic) bond motifs is 1. The van der Waals surface area contributed by atoms with Crippen LogP contribution < -0.4 is 19.7 Å². The zero-order chi connectivity index (χ0) is 25.8. The number of ether oxygens (including phenoxy) is 1. The highest BCUT2D eigenvalue weighted by atomic mass is 32.2. The molecule has 9 nitrogen and oxygen atoms in total. The van der Waals surface area contributed by atoms with E-state index in [4.69, 9.17) is 4.74 Å². The van der Waals surface area contributed by atoms with E-state index in [0.29, 0.717) is 5.92 Å². The molecular weight excluding hydrogens is 497 g/mol. The number of sulfonamides is 1. The molecule has 0 unspecified atom stereocenters. The summed E-state index contributed by atoms with van der Waals surface area (Å²) in [5.74, 6) is 2.01. The summed E-state index contributed by atoms with van der Waals surface area (Å²) in [4.78, 5) is 21.6. The number of hydrogen-bond donors (Lipinski definition) is 2. The number of amides is 2. The van der Waals surface area contributed by atoms with Gasteiger partial charge in [0.25, 0.3) is 10.0 Å². The monoisotopic (exact) mass is 531 g/mol. The fourth-order valence-corrected chi connectivity index (χ4v) is 6.39. The zero-order valence-electron chi connectivity index (χ0n) is 20.9. The lowest BCUT2D eigenvalue weighted by Gasteiger charge is -2.37. The van der Waals surface area contributed by atoms with Crippen LogP contribution in [-0.4, -0.2) is 69.7 Å². The summed E-state index contributed by atoms with van der Waals surface area (Å²) in [5, 5.41) is 2.78. The highest BCUT2D eigenvalue weighted by Gasteiger charge is 2.27. The molecule has 3 heterocycles. The zero-order valence-corrected chi connectivity index (χ0v) is 21.7. The van der Waals surface area contributed by atoms with Gasteiger partial charge < -0.3 is 15.0 Å². The molecule has 2 amide bonds. The van der Waals surface area contributed by atoms with Crippen molar-refractivity contribution in [1.82, 2.24) is 19.9 Å². The molecule has 0 bridgehead atoms. The van der Waals surface area contributed by atoms with Gasteiger partial charge in [-0.15, -0.1) is 0 Å². The van der Waals surface area contributed by atoms with Crippen molar-refractivity contribution in [3.8, 4) is 5.75 Å². The van der Waals surface area contributed by atoms with E-state index >= 15 is 0 Å². The third-order valence-corrected chi connectivity index (χ3v) is 8.99. The largest absolute Gasteiger partial charge is 0.489 e. The normalized spacial score (nSPS) is 22.2. The molecule has 5 rings (SSSR count). The van der Waals surface area contributed by atoms with Crippen molar-refractivity contribution >= 4 is 21.9 Å². The molecule has 2 N–H and O–H groups in total. The van der Waals surface area contributed by atoms with Crippen molar-refractivity contribution in [1.29, 1.82) is 0 Å². The number of pyridine rings is 1.